The summed E-state index contributed by atoms with van der Waals surface area (Å²) in [5, 5.41) is 43.3. The van der Waals surface area contributed by atoms with Gasteiger partial charge in [0, 0.05) is 0 Å². The average Bonchev–Trinajstić information content (AvgIpc) is 3.03. The SMILES string of the molecule is CCCC/C=C\CCCCCC(O)C(=O)NC(CO)C(O)C(O)CCCCCCCCCCCCCCCCCCCCC. The molecular formula is C38H75NO5. The Bertz CT molecular complexity index is 628. The predicted octanol–water partition coefficient (Wildman–Crippen LogP) is 9.07. The zero-order chi connectivity index (χ0) is 32.5. The van der Waals surface area contributed by atoms with Gasteiger partial charge in [0.1, 0.15) is 12.2 Å². The molecule has 5 N–H and O–H groups in total. The van der Waals surface area contributed by atoms with Crippen LogP contribution in [0.5, 0.6) is 0 Å². The summed E-state index contributed by atoms with van der Waals surface area (Å²) in [5.41, 5.74) is 0. The van der Waals surface area contributed by atoms with Crippen molar-refractivity contribution in [3.05, 3.63) is 12.2 Å². The van der Waals surface area contributed by atoms with Crippen LogP contribution in [0.15, 0.2) is 12.2 Å². The first-order valence-corrected chi connectivity index (χ1v) is 19.1. The van der Waals surface area contributed by atoms with Crippen molar-refractivity contribution in [2.24, 2.45) is 0 Å². The highest BCUT2D eigenvalue weighted by atomic mass is 16.3. The zero-order valence-electron chi connectivity index (χ0n) is 29.2. The summed E-state index contributed by atoms with van der Waals surface area (Å²) in [6.45, 7) is 3.98. The summed E-state index contributed by atoms with van der Waals surface area (Å²) in [5.74, 6) is -0.599. The van der Waals surface area contributed by atoms with Crippen molar-refractivity contribution in [2.45, 2.75) is 218 Å². The van der Waals surface area contributed by atoms with Crippen molar-refractivity contribution < 1.29 is 25.2 Å². The van der Waals surface area contributed by atoms with Crippen LogP contribution in [0.3, 0.4) is 0 Å². The summed E-state index contributed by atoms with van der Waals surface area (Å²) in [6.07, 6.45) is 33.9. The number of amides is 1. The second-order valence-electron chi connectivity index (χ2n) is 13.3. The Morgan fingerprint density at radius 1 is 0.545 bits per heavy atom. The van der Waals surface area contributed by atoms with Crippen LogP contribution in [0.1, 0.15) is 194 Å². The van der Waals surface area contributed by atoms with E-state index in [-0.39, 0.29) is 0 Å². The molecule has 0 heterocycles. The van der Waals surface area contributed by atoms with E-state index in [2.05, 4.69) is 31.3 Å². The zero-order valence-corrected chi connectivity index (χ0v) is 29.2. The van der Waals surface area contributed by atoms with Gasteiger partial charge < -0.3 is 25.7 Å². The van der Waals surface area contributed by atoms with Gasteiger partial charge in [-0.25, -0.2) is 0 Å². The Morgan fingerprint density at radius 2 is 0.932 bits per heavy atom. The molecular weight excluding hydrogens is 550 g/mol. The topological polar surface area (TPSA) is 110 Å². The van der Waals surface area contributed by atoms with Crippen LogP contribution in [-0.4, -0.2) is 57.3 Å². The maximum Gasteiger partial charge on any atom is 0.249 e. The lowest BCUT2D eigenvalue weighted by molar-refractivity contribution is -0.132. The number of carbonyl (C=O) groups is 1. The van der Waals surface area contributed by atoms with Crippen molar-refractivity contribution in [1.29, 1.82) is 0 Å². The third kappa shape index (κ3) is 27.4. The standard InChI is InChI=1S/C38H75NO5/c1-3-5-7-9-11-13-14-15-16-17-18-19-20-21-22-24-25-27-29-31-35(41)37(43)34(33-40)39-38(44)36(42)32-30-28-26-23-12-10-8-6-4-2/h10,12,34-37,40-43H,3-9,11,13-33H2,1-2H3,(H,39,44)/b12-10-. The molecule has 0 radical (unpaired) electrons. The molecule has 0 spiro atoms. The van der Waals surface area contributed by atoms with Crippen LogP contribution in [-0.2, 0) is 4.79 Å². The molecule has 0 aliphatic carbocycles. The minimum atomic E-state index is -1.26. The van der Waals surface area contributed by atoms with Crippen molar-refractivity contribution in [2.75, 3.05) is 6.61 Å². The molecule has 0 bridgehead atoms. The average molecular weight is 626 g/mol. The van der Waals surface area contributed by atoms with E-state index in [1.54, 1.807) is 0 Å². The quantitative estimate of drug-likeness (QED) is 0.0362. The van der Waals surface area contributed by atoms with E-state index in [9.17, 15) is 25.2 Å². The van der Waals surface area contributed by atoms with Gasteiger partial charge >= 0.3 is 0 Å². The fourth-order valence-electron chi connectivity index (χ4n) is 5.85. The molecule has 0 aliphatic heterocycles. The number of aliphatic hydroxyl groups is 4. The third-order valence-electron chi connectivity index (χ3n) is 8.98. The van der Waals surface area contributed by atoms with Gasteiger partial charge in [0.05, 0.1) is 18.8 Å². The first-order valence-electron chi connectivity index (χ1n) is 19.1. The maximum atomic E-state index is 12.4. The van der Waals surface area contributed by atoms with E-state index >= 15 is 0 Å². The van der Waals surface area contributed by atoms with E-state index < -0.39 is 36.9 Å². The molecule has 262 valence electrons. The van der Waals surface area contributed by atoms with Gasteiger partial charge in [0.25, 0.3) is 0 Å². The highest BCUT2D eigenvalue weighted by Crippen LogP contribution is 2.16. The van der Waals surface area contributed by atoms with Crippen molar-refractivity contribution >= 4 is 5.91 Å². The maximum absolute atomic E-state index is 12.4. The Labute approximate surface area is 272 Å². The summed E-state index contributed by atoms with van der Waals surface area (Å²) in [4.78, 5) is 12.4. The van der Waals surface area contributed by atoms with E-state index in [0.29, 0.717) is 12.8 Å². The number of hydrogen-bond donors (Lipinski definition) is 5. The van der Waals surface area contributed by atoms with Crippen LogP contribution in [0, 0.1) is 0 Å². The molecule has 44 heavy (non-hydrogen) atoms. The number of aliphatic hydroxyl groups excluding tert-OH is 4. The number of hydrogen-bond acceptors (Lipinski definition) is 5. The Balaban J connectivity index is 3.73. The van der Waals surface area contributed by atoms with Gasteiger partial charge in [-0.1, -0.05) is 174 Å². The smallest absolute Gasteiger partial charge is 0.249 e. The molecule has 0 rings (SSSR count). The van der Waals surface area contributed by atoms with Crippen molar-refractivity contribution in [3.8, 4) is 0 Å². The molecule has 0 saturated carbocycles. The monoisotopic (exact) mass is 626 g/mol. The molecule has 0 aromatic rings. The second-order valence-corrected chi connectivity index (χ2v) is 13.3. The molecule has 1 amide bonds. The lowest BCUT2D eigenvalue weighted by Gasteiger charge is -2.27. The Morgan fingerprint density at radius 3 is 1.39 bits per heavy atom. The lowest BCUT2D eigenvalue weighted by Crippen LogP contribution is -2.53. The number of unbranched alkanes of at least 4 members (excludes halogenated alkanes) is 23. The number of allylic oxidation sites excluding steroid dienone is 2. The molecule has 0 aliphatic rings. The molecule has 0 fully saturated rings. The molecule has 4 unspecified atom stereocenters. The van der Waals surface area contributed by atoms with Gasteiger partial charge in [-0.15, -0.1) is 0 Å². The first-order chi connectivity index (χ1) is 21.5. The van der Waals surface area contributed by atoms with Crippen molar-refractivity contribution in [1.82, 2.24) is 5.32 Å². The molecule has 0 aromatic carbocycles. The number of nitrogens with one attached hydrogen (secondary N) is 1. The van der Waals surface area contributed by atoms with Gasteiger partial charge in [0.2, 0.25) is 5.91 Å². The second kappa shape index (κ2) is 33.4. The number of rotatable bonds is 34. The molecule has 4 atom stereocenters. The Kier molecular flexibility index (Phi) is 32.7. The molecule has 6 nitrogen and oxygen atoms in total. The van der Waals surface area contributed by atoms with Crippen LogP contribution >= 0.6 is 0 Å². The largest absolute Gasteiger partial charge is 0.394 e. The van der Waals surface area contributed by atoms with Gasteiger partial charge in [0.15, 0.2) is 0 Å². The summed E-state index contributed by atoms with van der Waals surface area (Å²) in [6, 6.07) is -0.985. The Hall–Kier alpha value is -0.950. The van der Waals surface area contributed by atoms with E-state index in [4.69, 9.17) is 0 Å². The fourth-order valence-corrected chi connectivity index (χ4v) is 5.85. The molecule has 0 saturated heterocycles. The normalized spacial score (nSPS) is 14.6. The van der Waals surface area contributed by atoms with Crippen LogP contribution in [0.25, 0.3) is 0 Å². The summed E-state index contributed by atoms with van der Waals surface area (Å²) in [7, 11) is 0. The predicted molar refractivity (Wildman–Crippen MR) is 187 cm³/mol. The first kappa shape index (κ1) is 43.0. The van der Waals surface area contributed by atoms with Crippen molar-refractivity contribution in [3.63, 3.8) is 0 Å². The molecule has 0 aromatic heterocycles. The lowest BCUT2D eigenvalue weighted by atomic mass is 9.99. The van der Waals surface area contributed by atoms with Gasteiger partial charge in [-0.2, -0.15) is 0 Å². The van der Waals surface area contributed by atoms with Gasteiger partial charge in [-0.05, 0) is 32.1 Å². The van der Waals surface area contributed by atoms with E-state index in [1.165, 1.54) is 116 Å². The third-order valence-corrected chi connectivity index (χ3v) is 8.98. The minimum absolute atomic E-state index is 0.349. The molecule has 6 heteroatoms. The van der Waals surface area contributed by atoms with Gasteiger partial charge in [-0.3, -0.25) is 4.79 Å². The number of carbonyl (C=O) groups excluding carboxylic acids is 1. The van der Waals surface area contributed by atoms with E-state index in [0.717, 1.165) is 51.4 Å². The summed E-state index contributed by atoms with van der Waals surface area (Å²) >= 11 is 0. The van der Waals surface area contributed by atoms with E-state index in [1.807, 2.05) is 0 Å². The van der Waals surface area contributed by atoms with Crippen LogP contribution < -0.4 is 5.32 Å². The highest BCUT2D eigenvalue weighted by molar-refractivity contribution is 5.80. The highest BCUT2D eigenvalue weighted by Gasteiger charge is 2.28. The fraction of sp³-hybridized carbons (Fsp3) is 0.921. The summed E-state index contributed by atoms with van der Waals surface area (Å²) < 4.78 is 0. The minimum Gasteiger partial charge on any atom is -0.394 e. The van der Waals surface area contributed by atoms with Crippen LogP contribution in [0.2, 0.25) is 0 Å². The van der Waals surface area contributed by atoms with Crippen LogP contribution in [0.4, 0.5) is 0 Å².